The number of hydrogen-bond acceptors (Lipinski definition) is 5. The van der Waals surface area contributed by atoms with E-state index in [1.54, 1.807) is 13.3 Å². The summed E-state index contributed by atoms with van der Waals surface area (Å²) in [4.78, 5) is 6.43. The number of nitrogens with zero attached hydrogens (tertiary/aromatic N) is 4. The molecule has 0 N–H and O–H groups in total. The second-order valence-corrected chi connectivity index (χ2v) is 5.14. The van der Waals surface area contributed by atoms with Crippen LogP contribution in [-0.2, 0) is 0 Å². The monoisotopic (exact) mass is 332 g/mol. The highest BCUT2D eigenvalue weighted by molar-refractivity contribution is 5.85. The lowest BCUT2D eigenvalue weighted by Gasteiger charge is -2.35. The number of aromatic nitrogens is 1. The zero-order chi connectivity index (χ0) is 15.2. The van der Waals surface area contributed by atoms with Crippen molar-refractivity contribution in [3.8, 4) is 5.75 Å². The Balaban J connectivity index is 0.00000192. The van der Waals surface area contributed by atoms with Crippen molar-refractivity contribution in [2.24, 2.45) is 5.10 Å². The van der Waals surface area contributed by atoms with Gasteiger partial charge in [-0.05, 0) is 18.2 Å². The first-order valence-corrected chi connectivity index (χ1v) is 7.44. The van der Waals surface area contributed by atoms with E-state index in [2.05, 4.69) is 26.1 Å². The van der Waals surface area contributed by atoms with Crippen molar-refractivity contribution in [1.82, 2.24) is 9.99 Å². The molecule has 0 saturated carbocycles. The number of ether oxygens (including phenoxy) is 1. The number of anilines is 1. The Kier molecular flexibility index (Phi) is 6.23. The molecule has 0 unspecified atom stereocenters. The highest BCUT2D eigenvalue weighted by atomic mass is 35.5. The lowest BCUT2D eigenvalue weighted by Crippen LogP contribution is -2.44. The number of para-hydroxylation sites is 2. The molecule has 6 heteroatoms. The molecule has 0 bridgehead atoms. The summed E-state index contributed by atoms with van der Waals surface area (Å²) in [6.45, 7) is 3.67. The maximum absolute atomic E-state index is 5.44. The molecule has 0 spiro atoms. The summed E-state index contributed by atoms with van der Waals surface area (Å²) in [6, 6.07) is 12.1. The van der Waals surface area contributed by atoms with Crippen molar-refractivity contribution >= 4 is 24.3 Å². The van der Waals surface area contributed by atoms with Crippen LogP contribution < -0.4 is 9.64 Å². The maximum atomic E-state index is 5.44. The second-order valence-electron chi connectivity index (χ2n) is 5.14. The molecule has 0 amide bonds. The molecule has 1 fully saturated rings. The molecular formula is C17H21ClN4O. The molecular weight excluding hydrogens is 312 g/mol. The van der Waals surface area contributed by atoms with Crippen molar-refractivity contribution in [2.45, 2.75) is 0 Å². The predicted octanol–water partition coefficient (Wildman–Crippen LogP) is 2.67. The highest BCUT2D eigenvalue weighted by Gasteiger charge is 2.18. The highest BCUT2D eigenvalue weighted by Crippen LogP contribution is 2.28. The average molecular weight is 333 g/mol. The summed E-state index contributed by atoms with van der Waals surface area (Å²) in [6.07, 6.45) is 5.45. The van der Waals surface area contributed by atoms with Crippen LogP contribution in [0.5, 0.6) is 5.75 Å². The van der Waals surface area contributed by atoms with Crippen LogP contribution in [0.3, 0.4) is 0 Å². The molecule has 1 aromatic heterocycles. The van der Waals surface area contributed by atoms with Crippen LogP contribution in [0.15, 0.2) is 53.9 Å². The van der Waals surface area contributed by atoms with Crippen LogP contribution >= 0.6 is 12.4 Å². The normalized spacial score (nSPS) is 14.7. The van der Waals surface area contributed by atoms with E-state index in [0.29, 0.717) is 0 Å². The summed E-state index contributed by atoms with van der Waals surface area (Å²) in [5, 5.41) is 6.63. The van der Waals surface area contributed by atoms with Gasteiger partial charge in [0.2, 0.25) is 0 Å². The Labute approximate surface area is 143 Å². The topological polar surface area (TPSA) is 41.0 Å². The molecule has 1 aliphatic heterocycles. The van der Waals surface area contributed by atoms with E-state index in [1.165, 1.54) is 0 Å². The Morgan fingerprint density at radius 3 is 2.57 bits per heavy atom. The van der Waals surface area contributed by atoms with Crippen LogP contribution in [0.25, 0.3) is 0 Å². The molecule has 0 radical (unpaired) electrons. The van der Waals surface area contributed by atoms with E-state index < -0.39 is 0 Å². The largest absolute Gasteiger partial charge is 0.495 e. The first kappa shape index (κ1) is 17.1. The standard InChI is InChI=1S/C17H20N4O.ClH/c1-22-17-7-3-2-6-16(17)20-9-11-21(12-10-20)19-14-15-5-4-8-18-13-15;/h2-8,13-14H,9-12H2,1H3;1H. The van der Waals surface area contributed by atoms with Gasteiger partial charge < -0.3 is 9.64 Å². The van der Waals surface area contributed by atoms with Gasteiger partial charge in [0, 0.05) is 31.0 Å². The smallest absolute Gasteiger partial charge is 0.142 e. The van der Waals surface area contributed by atoms with E-state index in [0.717, 1.165) is 43.2 Å². The zero-order valence-electron chi connectivity index (χ0n) is 13.1. The van der Waals surface area contributed by atoms with E-state index in [1.807, 2.05) is 42.7 Å². The minimum absolute atomic E-state index is 0. The third kappa shape index (κ3) is 4.36. The molecule has 2 heterocycles. The number of methoxy groups -OCH3 is 1. The van der Waals surface area contributed by atoms with Gasteiger partial charge in [0.25, 0.3) is 0 Å². The number of pyridine rings is 1. The Bertz CT molecular complexity index is 628. The van der Waals surface area contributed by atoms with Crippen LogP contribution in [0.1, 0.15) is 5.56 Å². The van der Waals surface area contributed by atoms with Crippen LogP contribution in [0.4, 0.5) is 5.69 Å². The minimum Gasteiger partial charge on any atom is -0.495 e. The fourth-order valence-corrected chi connectivity index (χ4v) is 2.54. The lowest BCUT2D eigenvalue weighted by molar-refractivity contribution is 0.271. The number of benzene rings is 1. The second kappa shape index (κ2) is 8.39. The first-order valence-electron chi connectivity index (χ1n) is 7.44. The third-order valence-corrected chi connectivity index (χ3v) is 3.74. The van der Waals surface area contributed by atoms with Gasteiger partial charge in [-0.15, -0.1) is 12.4 Å². The summed E-state index contributed by atoms with van der Waals surface area (Å²) in [5.41, 5.74) is 2.18. The molecule has 5 nitrogen and oxygen atoms in total. The van der Waals surface area contributed by atoms with E-state index in [-0.39, 0.29) is 12.4 Å². The number of piperazine rings is 1. The lowest BCUT2D eigenvalue weighted by atomic mass is 10.2. The maximum Gasteiger partial charge on any atom is 0.142 e. The van der Waals surface area contributed by atoms with Crippen LogP contribution in [0, 0.1) is 0 Å². The van der Waals surface area contributed by atoms with Gasteiger partial charge in [0.1, 0.15) is 5.75 Å². The fraction of sp³-hybridized carbons (Fsp3) is 0.294. The van der Waals surface area contributed by atoms with Gasteiger partial charge in [-0.3, -0.25) is 9.99 Å². The molecule has 3 rings (SSSR count). The van der Waals surface area contributed by atoms with Gasteiger partial charge in [-0.1, -0.05) is 18.2 Å². The van der Waals surface area contributed by atoms with Crippen molar-refractivity contribution in [3.05, 3.63) is 54.4 Å². The van der Waals surface area contributed by atoms with Crippen molar-refractivity contribution in [3.63, 3.8) is 0 Å². The minimum atomic E-state index is 0. The molecule has 122 valence electrons. The van der Waals surface area contributed by atoms with Gasteiger partial charge in [-0.25, -0.2) is 0 Å². The van der Waals surface area contributed by atoms with Gasteiger partial charge >= 0.3 is 0 Å². The molecule has 2 aromatic rings. The van der Waals surface area contributed by atoms with Crippen molar-refractivity contribution in [1.29, 1.82) is 0 Å². The van der Waals surface area contributed by atoms with E-state index in [9.17, 15) is 0 Å². The summed E-state index contributed by atoms with van der Waals surface area (Å²) in [5.74, 6) is 0.926. The molecule has 23 heavy (non-hydrogen) atoms. The van der Waals surface area contributed by atoms with Gasteiger partial charge in [-0.2, -0.15) is 5.10 Å². The van der Waals surface area contributed by atoms with Crippen molar-refractivity contribution < 1.29 is 4.74 Å². The van der Waals surface area contributed by atoms with Gasteiger partial charge in [0.05, 0.1) is 32.1 Å². The number of halogens is 1. The SMILES string of the molecule is COc1ccccc1N1CCN(N=Cc2cccnc2)CC1.Cl. The summed E-state index contributed by atoms with van der Waals surface area (Å²) in [7, 11) is 1.72. The number of rotatable bonds is 4. The third-order valence-electron chi connectivity index (χ3n) is 3.74. The Morgan fingerprint density at radius 2 is 1.87 bits per heavy atom. The molecule has 1 saturated heterocycles. The number of hydrazone groups is 1. The van der Waals surface area contributed by atoms with Crippen LogP contribution in [-0.4, -0.2) is 49.5 Å². The van der Waals surface area contributed by atoms with Crippen LogP contribution in [0.2, 0.25) is 0 Å². The predicted molar refractivity (Wildman–Crippen MR) is 95.9 cm³/mol. The fourth-order valence-electron chi connectivity index (χ4n) is 2.54. The first-order chi connectivity index (χ1) is 10.9. The van der Waals surface area contributed by atoms with Crippen molar-refractivity contribution in [2.75, 3.05) is 38.2 Å². The van der Waals surface area contributed by atoms with Gasteiger partial charge in [0.15, 0.2) is 0 Å². The molecule has 0 atom stereocenters. The average Bonchev–Trinajstić information content (AvgIpc) is 2.61. The van der Waals surface area contributed by atoms with E-state index >= 15 is 0 Å². The summed E-state index contributed by atoms with van der Waals surface area (Å²) < 4.78 is 5.44. The molecule has 1 aliphatic rings. The molecule has 1 aromatic carbocycles. The molecule has 0 aliphatic carbocycles. The Morgan fingerprint density at radius 1 is 1.09 bits per heavy atom. The Hall–Kier alpha value is -2.27. The summed E-state index contributed by atoms with van der Waals surface area (Å²) >= 11 is 0. The van der Waals surface area contributed by atoms with E-state index in [4.69, 9.17) is 4.74 Å². The number of hydrogen-bond donors (Lipinski definition) is 0. The zero-order valence-corrected chi connectivity index (χ0v) is 13.9. The quantitative estimate of drug-likeness (QED) is 0.807.